The second-order valence-corrected chi connectivity index (χ2v) is 3.90. The van der Waals surface area contributed by atoms with Gasteiger partial charge in [-0.3, -0.25) is 4.79 Å². The summed E-state index contributed by atoms with van der Waals surface area (Å²) in [5.41, 5.74) is 0.650. The molecule has 2 aromatic rings. The minimum atomic E-state index is -0.474. The number of ether oxygens (including phenoxy) is 2. The SMILES string of the molecule is COc1ccc(C(=O)c2cc(F)ccc2OC)cc1. The van der Waals surface area contributed by atoms with Gasteiger partial charge in [0.1, 0.15) is 17.3 Å². The molecule has 0 aliphatic carbocycles. The molecule has 2 rings (SSSR count). The first kappa shape index (κ1) is 13.1. The van der Waals surface area contributed by atoms with E-state index in [1.807, 2.05) is 0 Å². The van der Waals surface area contributed by atoms with Crippen molar-refractivity contribution in [1.29, 1.82) is 0 Å². The molecule has 0 saturated heterocycles. The van der Waals surface area contributed by atoms with Crippen molar-refractivity contribution < 1.29 is 18.7 Å². The summed E-state index contributed by atoms with van der Waals surface area (Å²) in [6.45, 7) is 0. The van der Waals surface area contributed by atoms with Gasteiger partial charge in [0.05, 0.1) is 19.8 Å². The minimum Gasteiger partial charge on any atom is -0.497 e. The van der Waals surface area contributed by atoms with E-state index >= 15 is 0 Å². The highest BCUT2D eigenvalue weighted by Crippen LogP contribution is 2.23. The van der Waals surface area contributed by atoms with Gasteiger partial charge in [0.2, 0.25) is 0 Å². The van der Waals surface area contributed by atoms with Gasteiger partial charge in [0.15, 0.2) is 5.78 Å². The zero-order valence-corrected chi connectivity index (χ0v) is 10.6. The number of benzene rings is 2. The van der Waals surface area contributed by atoms with Gasteiger partial charge in [-0.25, -0.2) is 4.39 Å². The van der Waals surface area contributed by atoms with Crippen LogP contribution in [-0.2, 0) is 0 Å². The fourth-order valence-corrected chi connectivity index (χ4v) is 1.76. The maximum Gasteiger partial charge on any atom is 0.196 e. The van der Waals surface area contributed by atoms with E-state index in [1.54, 1.807) is 31.4 Å². The van der Waals surface area contributed by atoms with Gasteiger partial charge >= 0.3 is 0 Å². The molecule has 0 unspecified atom stereocenters. The van der Waals surface area contributed by atoms with Gasteiger partial charge in [-0.15, -0.1) is 0 Å². The maximum atomic E-state index is 13.3. The van der Waals surface area contributed by atoms with Crippen molar-refractivity contribution in [2.45, 2.75) is 0 Å². The molecule has 0 spiro atoms. The van der Waals surface area contributed by atoms with Crippen LogP contribution in [0.1, 0.15) is 15.9 Å². The lowest BCUT2D eigenvalue weighted by Crippen LogP contribution is -2.04. The fraction of sp³-hybridized carbons (Fsp3) is 0.133. The summed E-state index contributed by atoms with van der Waals surface area (Å²) >= 11 is 0. The van der Waals surface area contributed by atoms with E-state index in [-0.39, 0.29) is 11.3 Å². The van der Waals surface area contributed by atoms with Crippen molar-refractivity contribution >= 4 is 5.78 Å². The lowest BCUT2D eigenvalue weighted by Gasteiger charge is -2.08. The quantitative estimate of drug-likeness (QED) is 0.792. The van der Waals surface area contributed by atoms with E-state index in [0.717, 1.165) is 0 Å². The third kappa shape index (κ3) is 2.73. The van der Waals surface area contributed by atoms with Crippen molar-refractivity contribution in [3.05, 3.63) is 59.4 Å². The fourth-order valence-electron chi connectivity index (χ4n) is 1.76. The van der Waals surface area contributed by atoms with Gasteiger partial charge < -0.3 is 9.47 Å². The van der Waals surface area contributed by atoms with Crippen LogP contribution in [0.5, 0.6) is 11.5 Å². The van der Waals surface area contributed by atoms with Crippen LogP contribution in [0.3, 0.4) is 0 Å². The van der Waals surface area contributed by atoms with E-state index in [0.29, 0.717) is 17.1 Å². The van der Waals surface area contributed by atoms with Gasteiger partial charge in [0, 0.05) is 5.56 Å². The van der Waals surface area contributed by atoms with Crippen LogP contribution in [0, 0.1) is 5.82 Å². The number of hydrogen-bond acceptors (Lipinski definition) is 3. The van der Waals surface area contributed by atoms with Gasteiger partial charge in [-0.2, -0.15) is 0 Å². The van der Waals surface area contributed by atoms with Crippen LogP contribution in [0.15, 0.2) is 42.5 Å². The van der Waals surface area contributed by atoms with E-state index < -0.39 is 5.82 Å². The molecule has 0 saturated carbocycles. The molecule has 0 fully saturated rings. The Morgan fingerprint density at radius 1 is 1.00 bits per heavy atom. The number of methoxy groups -OCH3 is 2. The molecule has 19 heavy (non-hydrogen) atoms. The van der Waals surface area contributed by atoms with Crippen molar-refractivity contribution in [2.24, 2.45) is 0 Å². The lowest BCUT2D eigenvalue weighted by molar-refractivity contribution is 0.103. The van der Waals surface area contributed by atoms with Crippen molar-refractivity contribution in [3.8, 4) is 11.5 Å². The summed E-state index contributed by atoms with van der Waals surface area (Å²) in [5.74, 6) is 0.238. The van der Waals surface area contributed by atoms with Crippen LogP contribution in [0.2, 0.25) is 0 Å². The predicted molar refractivity (Wildman–Crippen MR) is 69.4 cm³/mol. The summed E-state index contributed by atoms with van der Waals surface area (Å²) in [4.78, 5) is 12.3. The number of carbonyl (C=O) groups is 1. The van der Waals surface area contributed by atoms with Gasteiger partial charge in [-0.1, -0.05) is 0 Å². The molecule has 3 nitrogen and oxygen atoms in total. The predicted octanol–water partition coefficient (Wildman–Crippen LogP) is 3.07. The highest BCUT2D eigenvalue weighted by atomic mass is 19.1. The summed E-state index contributed by atoms with van der Waals surface area (Å²) < 4.78 is 23.3. The van der Waals surface area contributed by atoms with Gasteiger partial charge in [-0.05, 0) is 42.5 Å². The minimum absolute atomic E-state index is 0.202. The normalized spacial score (nSPS) is 10.1. The molecule has 0 aliphatic rings. The van der Waals surface area contributed by atoms with Crippen molar-refractivity contribution in [3.63, 3.8) is 0 Å². The van der Waals surface area contributed by atoms with E-state index in [4.69, 9.17) is 9.47 Å². The Morgan fingerprint density at radius 3 is 2.26 bits per heavy atom. The number of ketones is 1. The van der Waals surface area contributed by atoms with Crippen molar-refractivity contribution in [1.82, 2.24) is 0 Å². The van der Waals surface area contributed by atoms with Crippen LogP contribution >= 0.6 is 0 Å². The molecule has 0 radical (unpaired) electrons. The summed E-state index contributed by atoms with van der Waals surface area (Å²) in [6.07, 6.45) is 0. The van der Waals surface area contributed by atoms with Crippen LogP contribution in [-0.4, -0.2) is 20.0 Å². The molecule has 0 atom stereocenters. The highest BCUT2D eigenvalue weighted by molar-refractivity contribution is 6.10. The molecule has 0 N–H and O–H groups in total. The number of halogens is 1. The molecule has 4 heteroatoms. The molecule has 0 bridgehead atoms. The first-order valence-corrected chi connectivity index (χ1v) is 5.68. The Hall–Kier alpha value is -2.36. The second-order valence-electron chi connectivity index (χ2n) is 3.90. The smallest absolute Gasteiger partial charge is 0.196 e. The zero-order valence-electron chi connectivity index (χ0n) is 10.6. The van der Waals surface area contributed by atoms with E-state index in [1.165, 1.54) is 25.3 Å². The number of carbonyl (C=O) groups excluding carboxylic acids is 1. The lowest BCUT2D eigenvalue weighted by atomic mass is 10.0. The van der Waals surface area contributed by atoms with Gasteiger partial charge in [0.25, 0.3) is 0 Å². The number of hydrogen-bond donors (Lipinski definition) is 0. The Morgan fingerprint density at radius 2 is 1.68 bits per heavy atom. The largest absolute Gasteiger partial charge is 0.497 e. The Balaban J connectivity index is 2.40. The first-order chi connectivity index (χ1) is 9.15. The van der Waals surface area contributed by atoms with E-state index in [9.17, 15) is 9.18 Å². The Kier molecular flexibility index (Phi) is 3.80. The monoisotopic (exact) mass is 260 g/mol. The molecular weight excluding hydrogens is 247 g/mol. The molecule has 0 aliphatic heterocycles. The molecule has 98 valence electrons. The Labute approximate surface area is 110 Å². The average molecular weight is 260 g/mol. The topological polar surface area (TPSA) is 35.5 Å². The zero-order chi connectivity index (χ0) is 13.8. The third-order valence-corrected chi connectivity index (χ3v) is 2.76. The summed E-state index contributed by atoms with van der Waals surface area (Å²) in [5, 5.41) is 0. The first-order valence-electron chi connectivity index (χ1n) is 5.68. The van der Waals surface area contributed by atoms with Crippen LogP contribution < -0.4 is 9.47 Å². The molecule has 2 aromatic carbocycles. The van der Waals surface area contributed by atoms with Crippen LogP contribution in [0.25, 0.3) is 0 Å². The average Bonchev–Trinajstić information content (AvgIpc) is 2.46. The van der Waals surface area contributed by atoms with E-state index in [2.05, 4.69) is 0 Å². The summed E-state index contributed by atoms with van der Waals surface area (Å²) in [6, 6.07) is 10.5. The molecule has 0 heterocycles. The molecular formula is C15H13FO3. The van der Waals surface area contributed by atoms with Crippen molar-refractivity contribution in [2.75, 3.05) is 14.2 Å². The maximum absolute atomic E-state index is 13.3. The number of rotatable bonds is 4. The molecule has 0 aromatic heterocycles. The third-order valence-electron chi connectivity index (χ3n) is 2.76. The Bertz CT molecular complexity index is 591. The molecule has 0 amide bonds. The van der Waals surface area contributed by atoms with Crippen LogP contribution in [0.4, 0.5) is 4.39 Å². The highest BCUT2D eigenvalue weighted by Gasteiger charge is 2.15. The standard InChI is InChI=1S/C15H13FO3/c1-18-12-6-3-10(4-7-12)15(17)13-9-11(16)5-8-14(13)19-2/h3-9H,1-2H3. The second kappa shape index (κ2) is 5.52. The summed E-state index contributed by atoms with van der Waals surface area (Å²) in [7, 11) is 2.99.